The number of rotatable bonds is 4. The van der Waals surface area contributed by atoms with Crippen LogP contribution in [0.5, 0.6) is 0 Å². The van der Waals surface area contributed by atoms with E-state index in [0.29, 0.717) is 6.54 Å². The van der Waals surface area contributed by atoms with Crippen LogP contribution >= 0.6 is 0 Å². The highest BCUT2D eigenvalue weighted by Crippen LogP contribution is 2.07. The van der Waals surface area contributed by atoms with Crippen LogP contribution in [0.15, 0.2) is 16.5 Å². The van der Waals surface area contributed by atoms with Crippen molar-refractivity contribution < 1.29 is 9.21 Å². The number of nitrogens with zero attached hydrogens (tertiary/aromatic N) is 1. The van der Waals surface area contributed by atoms with Crippen LogP contribution in [0.3, 0.4) is 0 Å². The fourth-order valence-corrected chi connectivity index (χ4v) is 1.36. The fourth-order valence-electron chi connectivity index (χ4n) is 1.36. The molecule has 1 aromatic rings. The molecule has 0 aliphatic carbocycles. The van der Waals surface area contributed by atoms with Crippen LogP contribution in [0.25, 0.3) is 0 Å². The molecule has 0 bridgehead atoms. The highest BCUT2D eigenvalue weighted by molar-refractivity contribution is 5.80. The molecule has 1 heterocycles. The third kappa shape index (κ3) is 3.40. The number of carbonyl (C=O) groups is 1. The molecule has 0 fully saturated rings. The van der Waals surface area contributed by atoms with Crippen LogP contribution in [-0.2, 0) is 11.2 Å². The summed E-state index contributed by atoms with van der Waals surface area (Å²) in [6.07, 6.45) is 0.725. The second-order valence-electron chi connectivity index (χ2n) is 3.81. The second-order valence-corrected chi connectivity index (χ2v) is 3.81. The first kappa shape index (κ1) is 11.8. The normalized spacial score (nSPS) is 12.5. The van der Waals surface area contributed by atoms with Crippen molar-refractivity contribution >= 4 is 5.91 Å². The van der Waals surface area contributed by atoms with E-state index in [0.717, 1.165) is 17.9 Å². The van der Waals surface area contributed by atoms with Crippen molar-refractivity contribution in [2.45, 2.75) is 26.3 Å². The third-order valence-electron chi connectivity index (χ3n) is 2.26. The maximum Gasteiger partial charge on any atom is 0.238 e. The van der Waals surface area contributed by atoms with Gasteiger partial charge < -0.3 is 15.1 Å². The van der Waals surface area contributed by atoms with Gasteiger partial charge in [-0.15, -0.1) is 0 Å². The SMILES string of the molecule is Cc1ccc(CCN(C)C(=O)C(C)N)o1. The molecule has 84 valence electrons. The zero-order valence-corrected chi connectivity index (χ0v) is 9.49. The zero-order chi connectivity index (χ0) is 11.4. The van der Waals surface area contributed by atoms with Crippen LogP contribution < -0.4 is 5.73 Å². The van der Waals surface area contributed by atoms with Gasteiger partial charge in [-0.3, -0.25) is 4.79 Å². The maximum absolute atomic E-state index is 11.4. The molecular weight excluding hydrogens is 192 g/mol. The Kier molecular flexibility index (Phi) is 3.91. The Bertz CT molecular complexity index is 331. The van der Waals surface area contributed by atoms with Crippen molar-refractivity contribution in [2.24, 2.45) is 5.73 Å². The van der Waals surface area contributed by atoms with E-state index in [1.54, 1.807) is 18.9 Å². The van der Waals surface area contributed by atoms with Crippen molar-refractivity contribution in [3.8, 4) is 0 Å². The monoisotopic (exact) mass is 210 g/mol. The predicted octanol–water partition coefficient (Wildman–Crippen LogP) is 0.936. The van der Waals surface area contributed by atoms with E-state index in [1.165, 1.54) is 0 Å². The van der Waals surface area contributed by atoms with Crippen molar-refractivity contribution in [3.63, 3.8) is 0 Å². The minimum atomic E-state index is -0.437. The molecule has 0 aliphatic heterocycles. The van der Waals surface area contributed by atoms with E-state index in [1.807, 2.05) is 19.1 Å². The second kappa shape index (κ2) is 4.98. The molecule has 1 aromatic heterocycles. The lowest BCUT2D eigenvalue weighted by molar-refractivity contribution is -0.130. The summed E-state index contributed by atoms with van der Waals surface area (Å²) in [7, 11) is 1.75. The summed E-state index contributed by atoms with van der Waals surface area (Å²) >= 11 is 0. The number of furan rings is 1. The van der Waals surface area contributed by atoms with Crippen molar-refractivity contribution in [2.75, 3.05) is 13.6 Å². The highest BCUT2D eigenvalue weighted by atomic mass is 16.3. The molecule has 0 spiro atoms. The van der Waals surface area contributed by atoms with E-state index in [-0.39, 0.29) is 5.91 Å². The quantitative estimate of drug-likeness (QED) is 0.804. The van der Waals surface area contributed by atoms with Gasteiger partial charge in [-0.2, -0.15) is 0 Å². The van der Waals surface area contributed by atoms with Gasteiger partial charge in [0, 0.05) is 20.0 Å². The number of hydrogen-bond acceptors (Lipinski definition) is 3. The number of likely N-dealkylation sites (N-methyl/N-ethyl adjacent to an activating group) is 1. The summed E-state index contributed by atoms with van der Waals surface area (Å²) in [4.78, 5) is 13.1. The van der Waals surface area contributed by atoms with Crippen molar-refractivity contribution in [1.82, 2.24) is 4.90 Å². The molecule has 4 heteroatoms. The van der Waals surface area contributed by atoms with E-state index >= 15 is 0 Å². The van der Waals surface area contributed by atoms with Crippen LogP contribution in [0.1, 0.15) is 18.4 Å². The summed E-state index contributed by atoms with van der Waals surface area (Å²) in [5, 5.41) is 0. The first-order chi connectivity index (χ1) is 7.00. The van der Waals surface area contributed by atoms with Gasteiger partial charge in [0.25, 0.3) is 0 Å². The molecule has 2 N–H and O–H groups in total. The van der Waals surface area contributed by atoms with Gasteiger partial charge in [-0.05, 0) is 26.0 Å². The van der Waals surface area contributed by atoms with E-state index in [4.69, 9.17) is 10.2 Å². The largest absolute Gasteiger partial charge is 0.466 e. The van der Waals surface area contributed by atoms with Gasteiger partial charge >= 0.3 is 0 Å². The minimum absolute atomic E-state index is 0.0433. The molecule has 1 atom stereocenters. The number of hydrogen-bond donors (Lipinski definition) is 1. The summed E-state index contributed by atoms with van der Waals surface area (Å²) in [5.74, 6) is 1.75. The van der Waals surface area contributed by atoms with Gasteiger partial charge in [-0.25, -0.2) is 0 Å². The molecule has 0 saturated heterocycles. The summed E-state index contributed by atoms with van der Waals surface area (Å²) < 4.78 is 5.40. The van der Waals surface area contributed by atoms with Gasteiger partial charge in [0.15, 0.2) is 0 Å². The molecule has 0 radical (unpaired) electrons. The van der Waals surface area contributed by atoms with Gasteiger partial charge in [0.1, 0.15) is 11.5 Å². The zero-order valence-electron chi connectivity index (χ0n) is 9.49. The van der Waals surface area contributed by atoms with Crippen LogP contribution in [0, 0.1) is 6.92 Å². The minimum Gasteiger partial charge on any atom is -0.466 e. The summed E-state index contributed by atoms with van der Waals surface area (Å²) in [6, 6.07) is 3.41. The lowest BCUT2D eigenvalue weighted by Crippen LogP contribution is -2.40. The molecule has 15 heavy (non-hydrogen) atoms. The average molecular weight is 210 g/mol. The van der Waals surface area contributed by atoms with Gasteiger partial charge in [0.2, 0.25) is 5.91 Å². The molecule has 0 aromatic carbocycles. The molecule has 1 rings (SSSR count). The first-order valence-corrected chi connectivity index (χ1v) is 5.06. The third-order valence-corrected chi connectivity index (χ3v) is 2.26. The van der Waals surface area contributed by atoms with Crippen molar-refractivity contribution in [1.29, 1.82) is 0 Å². The average Bonchev–Trinajstić information content (AvgIpc) is 2.59. The Balaban J connectivity index is 2.40. The molecule has 0 aliphatic rings. The lowest BCUT2D eigenvalue weighted by atomic mass is 10.2. The van der Waals surface area contributed by atoms with Crippen LogP contribution in [0.2, 0.25) is 0 Å². The fraction of sp³-hybridized carbons (Fsp3) is 0.545. The number of amides is 1. The molecule has 1 unspecified atom stereocenters. The Hall–Kier alpha value is -1.29. The number of aryl methyl sites for hydroxylation is 1. The van der Waals surface area contributed by atoms with Gasteiger partial charge in [-0.1, -0.05) is 0 Å². The number of carbonyl (C=O) groups excluding carboxylic acids is 1. The highest BCUT2D eigenvalue weighted by Gasteiger charge is 2.13. The van der Waals surface area contributed by atoms with Crippen molar-refractivity contribution in [3.05, 3.63) is 23.7 Å². The Morgan fingerprint density at radius 1 is 1.60 bits per heavy atom. The van der Waals surface area contributed by atoms with Gasteiger partial charge in [0.05, 0.1) is 6.04 Å². The molecule has 0 saturated carbocycles. The van der Waals surface area contributed by atoms with Crippen LogP contribution in [-0.4, -0.2) is 30.4 Å². The Labute approximate surface area is 90.0 Å². The summed E-state index contributed by atoms with van der Waals surface area (Å²) in [6.45, 7) is 4.23. The van der Waals surface area contributed by atoms with Crippen LogP contribution in [0.4, 0.5) is 0 Å². The molecular formula is C11H18N2O2. The van der Waals surface area contributed by atoms with E-state index < -0.39 is 6.04 Å². The Morgan fingerprint density at radius 3 is 2.73 bits per heavy atom. The topological polar surface area (TPSA) is 59.5 Å². The van der Waals surface area contributed by atoms with E-state index in [9.17, 15) is 4.79 Å². The lowest BCUT2D eigenvalue weighted by Gasteiger charge is -2.18. The molecule has 4 nitrogen and oxygen atoms in total. The van der Waals surface area contributed by atoms with E-state index in [2.05, 4.69) is 0 Å². The smallest absolute Gasteiger partial charge is 0.238 e. The predicted molar refractivity (Wildman–Crippen MR) is 58.4 cm³/mol. The molecule has 1 amide bonds. The summed E-state index contributed by atoms with van der Waals surface area (Å²) in [5.41, 5.74) is 5.50. The first-order valence-electron chi connectivity index (χ1n) is 5.06. The number of nitrogens with two attached hydrogens (primary N) is 1. The standard InChI is InChI=1S/C11H18N2O2/c1-8-4-5-10(15-8)6-7-13(3)11(14)9(2)12/h4-5,9H,6-7,12H2,1-3H3. The maximum atomic E-state index is 11.4. The Morgan fingerprint density at radius 2 is 2.27 bits per heavy atom.